The predicted octanol–water partition coefficient (Wildman–Crippen LogP) is 3.29. The van der Waals surface area contributed by atoms with Gasteiger partial charge in [-0.25, -0.2) is 0 Å². The van der Waals surface area contributed by atoms with Crippen molar-refractivity contribution in [1.29, 1.82) is 0 Å². The van der Waals surface area contributed by atoms with E-state index in [1.54, 1.807) is 0 Å². The van der Waals surface area contributed by atoms with E-state index in [4.69, 9.17) is 0 Å². The van der Waals surface area contributed by atoms with Crippen molar-refractivity contribution in [2.75, 3.05) is 31.1 Å². The first kappa shape index (κ1) is 18.5. The molecule has 1 aliphatic rings. The van der Waals surface area contributed by atoms with Gasteiger partial charge in [0.2, 0.25) is 5.91 Å². The number of carbonyl (C=O) groups is 1. The van der Waals surface area contributed by atoms with E-state index in [2.05, 4.69) is 64.5 Å². The van der Waals surface area contributed by atoms with Crippen molar-refractivity contribution in [3.8, 4) is 0 Å². The standard InChI is InChI=1S/C22H29N3O/c1-2-25(21-11-7-4-8-12-21)18-22(26)23-20-13-15-24(16-14-20)17-19-9-5-3-6-10-19/h3-12,20H,2,13-18H2,1H3,(H,23,26). The number of likely N-dealkylation sites (N-methyl/N-ethyl adjacent to an activating group) is 1. The average molecular weight is 351 g/mol. The van der Waals surface area contributed by atoms with Crippen LogP contribution in [0.2, 0.25) is 0 Å². The van der Waals surface area contributed by atoms with Gasteiger partial charge in [0.15, 0.2) is 0 Å². The van der Waals surface area contributed by atoms with Gasteiger partial charge in [0.05, 0.1) is 6.54 Å². The highest BCUT2D eigenvalue weighted by atomic mass is 16.2. The minimum absolute atomic E-state index is 0.122. The van der Waals surface area contributed by atoms with E-state index in [1.807, 2.05) is 18.2 Å². The van der Waals surface area contributed by atoms with Crippen LogP contribution in [0, 0.1) is 0 Å². The largest absolute Gasteiger partial charge is 0.363 e. The zero-order valence-electron chi connectivity index (χ0n) is 15.6. The third-order valence-electron chi connectivity index (χ3n) is 5.04. The van der Waals surface area contributed by atoms with Crippen LogP contribution in [0.1, 0.15) is 25.3 Å². The minimum Gasteiger partial charge on any atom is -0.363 e. The van der Waals surface area contributed by atoms with Crippen LogP contribution >= 0.6 is 0 Å². The SMILES string of the molecule is CCN(CC(=O)NC1CCN(Cc2ccccc2)CC1)c1ccccc1. The number of carbonyl (C=O) groups excluding carboxylic acids is 1. The maximum atomic E-state index is 12.5. The number of rotatable bonds is 7. The summed E-state index contributed by atoms with van der Waals surface area (Å²) >= 11 is 0. The van der Waals surface area contributed by atoms with Crippen molar-refractivity contribution >= 4 is 11.6 Å². The maximum absolute atomic E-state index is 12.5. The van der Waals surface area contributed by atoms with Gasteiger partial charge in [-0.15, -0.1) is 0 Å². The second-order valence-electron chi connectivity index (χ2n) is 6.95. The number of nitrogens with zero attached hydrogens (tertiary/aromatic N) is 2. The number of nitrogens with one attached hydrogen (secondary N) is 1. The van der Waals surface area contributed by atoms with Gasteiger partial charge < -0.3 is 10.2 Å². The number of hydrogen-bond acceptors (Lipinski definition) is 3. The molecule has 0 unspecified atom stereocenters. The Labute approximate surface area is 156 Å². The van der Waals surface area contributed by atoms with Gasteiger partial charge in [0, 0.05) is 37.9 Å². The lowest BCUT2D eigenvalue weighted by Crippen LogP contribution is -2.47. The molecule has 2 aromatic carbocycles. The lowest BCUT2D eigenvalue weighted by atomic mass is 10.0. The number of anilines is 1. The first-order valence-corrected chi connectivity index (χ1v) is 9.60. The number of likely N-dealkylation sites (tertiary alicyclic amines) is 1. The Morgan fingerprint density at radius 2 is 1.65 bits per heavy atom. The van der Waals surface area contributed by atoms with E-state index in [0.29, 0.717) is 12.6 Å². The molecule has 0 aliphatic carbocycles. The van der Waals surface area contributed by atoms with Crippen LogP contribution in [0.25, 0.3) is 0 Å². The fourth-order valence-corrected chi connectivity index (χ4v) is 3.55. The van der Waals surface area contributed by atoms with E-state index in [1.165, 1.54) is 5.56 Å². The molecule has 26 heavy (non-hydrogen) atoms. The Balaban J connectivity index is 1.43. The van der Waals surface area contributed by atoms with Crippen LogP contribution < -0.4 is 10.2 Å². The number of hydrogen-bond donors (Lipinski definition) is 1. The Morgan fingerprint density at radius 3 is 2.27 bits per heavy atom. The second kappa shape index (κ2) is 9.39. The lowest BCUT2D eigenvalue weighted by molar-refractivity contribution is -0.120. The van der Waals surface area contributed by atoms with Gasteiger partial charge in [-0.05, 0) is 37.5 Å². The van der Waals surface area contributed by atoms with E-state index in [9.17, 15) is 4.79 Å². The molecule has 0 bridgehead atoms. The molecule has 1 amide bonds. The van der Waals surface area contributed by atoms with Gasteiger partial charge in [-0.1, -0.05) is 48.5 Å². The maximum Gasteiger partial charge on any atom is 0.239 e. The Morgan fingerprint density at radius 1 is 1.04 bits per heavy atom. The Bertz CT molecular complexity index is 666. The van der Waals surface area contributed by atoms with Crippen molar-refractivity contribution in [1.82, 2.24) is 10.2 Å². The van der Waals surface area contributed by atoms with E-state index < -0.39 is 0 Å². The summed E-state index contributed by atoms with van der Waals surface area (Å²) in [5.74, 6) is 0.122. The van der Waals surface area contributed by atoms with E-state index in [0.717, 1.165) is 44.7 Å². The molecule has 0 saturated carbocycles. The molecule has 138 valence electrons. The summed E-state index contributed by atoms with van der Waals surface area (Å²) in [5.41, 5.74) is 2.46. The van der Waals surface area contributed by atoms with Crippen molar-refractivity contribution < 1.29 is 4.79 Å². The molecule has 0 radical (unpaired) electrons. The summed E-state index contributed by atoms with van der Waals surface area (Å²) in [6.07, 6.45) is 2.05. The quantitative estimate of drug-likeness (QED) is 0.831. The molecular weight excluding hydrogens is 322 g/mol. The summed E-state index contributed by atoms with van der Waals surface area (Å²) in [4.78, 5) is 17.0. The molecule has 4 heteroatoms. The zero-order valence-corrected chi connectivity index (χ0v) is 15.6. The smallest absolute Gasteiger partial charge is 0.239 e. The highest BCUT2D eigenvalue weighted by molar-refractivity contribution is 5.81. The molecule has 0 aromatic heterocycles. The fourth-order valence-electron chi connectivity index (χ4n) is 3.55. The molecule has 0 atom stereocenters. The number of benzene rings is 2. The van der Waals surface area contributed by atoms with Crippen molar-refractivity contribution in [3.05, 3.63) is 66.2 Å². The summed E-state index contributed by atoms with van der Waals surface area (Å²) in [5, 5.41) is 3.23. The Hall–Kier alpha value is -2.33. The number of para-hydroxylation sites is 1. The average Bonchev–Trinajstić information content (AvgIpc) is 2.69. The fraction of sp³-hybridized carbons (Fsp3) is 0.409. The van der Waals surface area contributed by atoms with Gasteiger partial charge >= 0.3 is 0 Å². The van der Waals surface area contributed by atoms with E-state index >= 15 is 0 Å². The molecule has 0 spiro atoms. The van der Waals surface area contributed by atoms with Gasteiger partial charge in [-0.2, -0.15) is 0 Å². The van der Waals surface area contributed by atoms with Crippen molar-refractivity contribution in [3.63, 3.8) is 0 Å². The molecule has 4 nitrogen and oxygen atoms in total. The zero-order chi connectivity index (χ0) is 18.2. The van der Waals surface area contributed by atoms with Gasteiger partial charge in [0.25, 0.3) is 0 Å². The van der Waals surface area contributed by atoms with Crippen LogP contribution in [-0.2, 0) is 11.3 Å². The molecule has 2 aromatic rings. The topological polar surface area (TPSA) is 35.6 Å². The van der Waals surface area contributed by atoms with E-state index in [-0.39, 0.29) is 5.91 Å². The summed E-state index contributed by atoms with van der Waals surface area (Å²) in [6.45, 7) is 6.41. The highest BCUT2D eigenvalue weighted by Gasteiger charge is 2.21. The lowest BCUT2D eigenvalue weighted by Gasteiger charge is -2.33. The van der Waals surface area contributed by atoms with Crippen LogP contribution in [0.3, 0.4) is 0 Å². The molecule has 1 saturated heterocycles. The van der Waals surface area contributed by atoms with Gasteiger partial charge in [-0.3, -0.25) is 9.69 Å². The molecule has 3 rings (SSSR count). The van der Waals surface area contributed by atoms with Crippen LogP contribution in [0.4, 0.5) is 5.69 Å². The minimum atomic E-state index is 0.122. The monoisotopic (exact) mass is 351 g/mol. The third kappa shape index (κ3) is 5.33. The molecule has 1 heterocycles. The predicted molar refractivity (Wildman–Crippen MR) is 107 cm³/mol. The first-order chi connectivity index (χ1) is 12.7. The van der Waals surface area contributed by atoms with Crippen LogP contribution in [-0.4, -0.2) is 43.0 Å². The summed E-state index contributed by atoms with van der Waals surface area (Å²) in [6, 6.07) is 21.0. The normalized spacial score (nSPS) is 15.6. The second-order valence-corrected chi connectivity index (χ2v) is 6.95. The van der Waals surface area contributed by atoms with Crippen molar-refractivity contribution in [2.24, 2.45) is 0 Å². The van der Waals surface area contributed by atoms with Crippen molar-refractivity contribution in [2.45, 2.75) is 32.4 Å². The molecule has 1 N–H and O–H groups in total. The number of amides is 1. The molecule has 1 fully saturated rings. The molecular formula is C22H29N3O. The van der Waals surface area contributed by atoms with Crippen LogP contribution in [0.5, 0.6) is 0 Å². The summed E-state index contributed by atoms with van der Waals surface area (Å²) < 4.78 is 0. The third-order valence-corrected chi connectivity index (χ3v) is 5.04. The first-order valence-electron chi connectivity index (χ1n) is 9.60. The van der Waals surface area contributed by atoms with Gasteiger partial charge in [0.1, 0.15) is 0 Å². The Kier molecular flexibility index (Phi) is 6.67. The highest BCUT2D eigenvalue weighted by Crippen LogP contribution is 2.15. The number of piperidine rings is 1. The summed E-state index contributed by atoms with van der Waals surface area (Å²) in [7, 11) is 0. The molecule has 1 aliphatic heterocycles. The van der Waals surface area contributed by atoms with Crippen LogP contribution in [0.15, 0.2) is 60.7 Å².